The van der Waals surface area contributed by atoms with Gasteiger partial charge in [-0.1, -0.05) is 27.7 Å². The smallest absolute Gasteiger partial charge is 0.326 e. The second-order valence-electron chi connectivity index (χ2n) is 9.52. The predicted octanol–water partition coefficient (Wildman–Crippen LogP) is -0.283. The van der Waals surface area contributed by atoms with Crippen molar-refractivity contribution in [1.82, 2.24) is 15.5 Å². The number of carbonyl (C=O) groups is 5. The SMILES string of the molecule is CC(C)CC(NC(=O)C(N)CCC(N)=O)C(=O)NC(CC(C)C)C(=O)N1CCCC1C(=O)O. The summed E-state index contributed by atoms with van der Waals surface area (Å²) in [5.74, 6) is -3.09. The van der Waals surface area contributed by atoms with Crippen LogP contribution in [0.25, 0.3) is 0 Å². The summed E-state index contributed by atoms with van der Waals surface area (Å²) in [6.07, 6.45) is 1.59. The van der Waals surface area contributed by atoms with Crippen molar-refractivity contribution in [2.45, 2.75) is 90.4 Å². The van der Waals surface area contributed by atoms with E-state index in [1.165, 1.54) is 4.90 Å². The summed E-state index contributed by atoms with van der Waals surface area (Å²) in [5.41, 5.74) is 10.9. The Balaban J connectivity index is 2.96. The van der Waals surface area contributed by atoms with Gasteiger partial charge in [0.2, 0.25) is 23.6 Å². The van der Waals surface area contributed by atoms with Gasteiger partial charge in [-0.25, -0.2) is 4.79 Å². The monoisotopic (exact) mass is 469 g/mol. The molecule has 1 rings (SSSR count). The van der Waals surface area contributed by atoms with Crippen LogP contribution in [-0.4, -0.2) is 70.3 Å². The van der Waals surface area contributed by atoms with E-state index in [0.29, 0.717) is 32.2 Å². The lowest BCUT2D eigenvalue weighted by atomic mass is 9.99. The molecule has 4 unspecified atom stereocenters. The zero-order valence-electron chi connectivity index (χ0n) is 20.0. The van der Waals surface area contributed by atoms with Crippen LogP contribution in [0.4, 0.5) is 0 Å². The first-order valence-corrected chi connectivity index (χ1v) is 11.5. The molecular formula is C22H39N5O6. The van der Waals surface area contributed by atoms with Gasteiger partial charge in [-0.2, -0.15) is 0 Å². The van der Waals surface area contributed by atoms with Crippen LogP contribution in [0.5, 0.6) is 0 Å². The molecule has 1 saturated heterocycles. The van der Waals surface area contributed by atoms with Crippen LogP contribution in [0, 0.1) is 11.8 Å². The van der Waals surface area contributed by atoms with E-state index in [0.717, 1.165) is 0 Å². The largest absolute Gasteiger partial charge is 0.480 e. The van der Waals surface area contributed by atoms with Gasteiger partial charge in [-0.05, 0) is 43.9 Å². The molecule has 0 aromatic carbocycles. The molecule has 11 heteroatoms. The standard InChI is InChI=1S/C22H39N5O6/c1-12(2)10-15(25-19(29)14(23)7-8-18(24)28)20(30)26-16(11-13(3)4)21(31)27-9-5-6-17(27)22(32)33/h12-17H,5-11,23H2,1-4H3,(H2,24,28)(H,25,29)(H,26,30)(H,32,33). The number of hydrogen-bond donors (Lipinski definition) is 5. The number of rotatable bonds is 13. The van der Waals surface area contributed by atoms with E-state index in [2.05, 4.69) is 10.6 Å². The molecule has 33 heavy (non-hydrogen) atoms. The van der Waals surface area contributed by atoms with Crippen LogP contribution in [0.2, 0.25) is 0 Å². The van der Waals surface area contributed by atoms with Gasteiger partial charge in [0.05, 0.1) is 6.04 Å². The van der Waals surface area contributed by atoms with Crippen molar-refractivity contribution in [3.05, 3.63) is 0 Å². The quantitative estimate of drug-likeness (QED) is 0.245. The molecule has 0 saturated carbocycles. The van der Waals surface area contributed by atoms with Gasteiger partial charge in [0.1, 0.15) is 18.1 Å². The van der Waals surface area contributed by atoms with Crippen molar-refractivity contribution in [2.24, 2.45) is 23.3 Å². The predicted molar refractivity (Wildman–Crippen MR) is 122 cm³/mol. The minimum Gasteiger partial charge on any atom is -0.480 e. The number of carbonyl (C=O) groups excluding carboxylic acids is 4. The summed E-state index contributed by atoms with van der Waals surface area (Å²) >= 11 is 0. The summed E-state index contributed by atoms with van der Waals surface area (Å²) < 4.78 is 0. The molecule has 0 radical (unpaired) electrons. The molecule has 0 bridgehead atoms. The van der Waals surface area contributed by atoms with Crippen molar-refractivity contribution < 1.29 is 29.1 Å². The topological polar surface area (TPSA) is 185 Å². The van der Waals surface area contributed by atoms with Crippen LogP contribution in [-0.2, 0) is 24.0 Å². The van der Waals surface area contributed by atoms with E-state index in [9.17, 15) is 29.1 Å². The van der Waals surface area contributed by atoms with Gasteiger partial charge < -0.3 is 32.1 Å². The van der Waals surface area contributed by atoms with Crippen LogP contribution >= 0.6 is 0 Å². The van der Waals surface area contributed by atoms with Crippen molar-refractivity contribution >= 4 is 29.6 Å². The zero-order chi connectivity index (χ0) is 25.3. The van der Waals surface area contributed by atoms with Gasteiger partial charge in [0.25, 0.3) is 0 Å². The average Bonchev–Trinajstić information content (AvgIpc) is 3.19. The fourth-order valence-electron chi connectivity index (χ4n) is 3.86. The number of nitrogens with zero attached hydrogens (tertiary/aromatic N) is 1. The molecule has 4 atom stereocenters. The van der Waals surface area contributed by atoms with E-state index in [-0.39, 0.29) is 24.7 Å². The molecule has 4 amide bonds. The molecule has 11 nitrogen and oxygen atoms in total. The highest BCUT2D eigenvalue weighted by Crippen LogP contribution is 2.20. The summed E-state index contributed by atoms with van der Waals surface area (Å²) in [4.78, 5) is 62.5. The number of carboxylic acid groups (broad SMARTS) is 1. The lowest BCUT2D eigenvalue weighted by Crippen LogP contribution is -2.57. The molecular weight excluding hydrogens is 430 g/mol. The maximum absolute atomic E-state index is 13.2. The molecule has 0 aromatic heterocycles. The maximum Gasteiger partial charge on any atom is 0.326 e. The molecule has 0 aromatic rings. The summed E-state index contributed by atoms with van der Waals surface area (Å²) in [6, 6.07) is -3.76. The lowest BCUT2D eigenvalue weighted by molar-refractivity contribution is -0.149. The molecule has 188 valence electrons. The van der Waals surface area contributed by atoms with Crippen LogP contribution in [0.3, 0.4) is 0 Å². The van der Waals surface area contributed by atoms with Gasteiger partial charge in [-0.3, -0.25) is 19.2 Å². The fourth-order valence-corrected chi connectivity index (χ4v) is 3.86. The number of carboxylic acids is 1. The van der Waals surface area contributed by atoms with E-state index in [4.69, 9.17) is 11.5 Å². The zero-order valence-corrected chi connectivity index (χ0v) is 20.0. The van der Waals surface area contributed by atoms with Gasteiger partial charge in [0, 0.05) is 13.0 Å². The van der Waals surface area contributed by atoms with Crippen LogP contribution < -0.4 is 22.1 Å². The van der Waals surface area contributed by atoms with Gasteiger partial charge in [-0.15, -0.1) is 0 Å². The van der Waals surface area contributed by atoms with E-state index in [1.807, 2.05) is 27.7 Å². The molecule has 1 fully saturated rings. The summed E-state index contributed by atoms with van der Waals surface area (Å²) in [6.45, 7) is 7.89. The Morgan fingerprint density at radius 2 is 1.52 bits per heavy atom. The number of primary amides is 1. The number of nitrogens with one attached hydrogen (secondary N) is 2. The number of aliphatic carboxylic acids is 1. The Bertz CT molecular complexity index is 726. The first-order valence-electron chi connectivity index (χ1n) is 11.5. The number of likely N-dealkylation sites (tertiary alicyclic amines) is 1. The number of amides is 4. The van der Waals surface area contributed by atoms with E-state index in [1.54, 1.807) is 0 Å². The Labute approximate surface area is 195 Å². The third-order valence-electron chi connectivity index (χ3n) is 5.52. The van der Waals surface area contributed by atoms with Gasteiger partial charge >= 0.3 is 5.97 Å². The third kappa shape index (κ3) is 9.37. The Kier molecular flexibility index (Phi) is 11.3. The molecule has 0 spiro atoms. The fraction of sp³-hybridized carbons (Fsp3) is 0.773. The summed E-state index contributed by atoms with van der Waals surface area (Å²) in [7, 11) is 0. The average molecular weight is 470 g/mol. The highest BCUT2D eigenvalue weighted by atomic mass is 16.4. The summed E-state index contributed by atoms with van der Waals surface area (Å²) in [5, 5.41) is 14.8. The van der Waals surface area contributed by atoms with Crippen molar-refractivity contribution in [3.63, 3.8) is 0 Å². The molecule has 7 N–H and O–H groups in total. The minimum atomic E-state index is -1.06. The van der Waals surface area contributed by atoms with Crippen molar-refractivity contribution in [1.29, 1.82) is 0 Å². The van der Waals surface area contributed by atoms with Crippen LogP contribution in [0.1, 0.15) is 66.2 Å². The van der Waals surface area contributed by atoms with Gasteiger partial charge in [0.15, 0.2) is 0 Å². The Hall–Kier alpha value is -2.69. The Morgan fingerprint density at radius 3 is 2.03 bits per heavy atom. The first-order chi connectivity index (χ1) is 15.3. The number of nitrogens with two attached hydrogens (primary N) is 2. The van der Waals surface area contributed by atoms with Crippen molar-refractivity contribution in [2.75, 3.05) is 6.54 Å². The molecule has 1 aliphatic rings. The highest BCUT2D eigenvalue weighted by molar-refractivity contribution is 5.94. The van der Waals surface area contributed by atoms with Crippen molar-refractivity contribution in [3.8, 4) is 0 Å². The first kappa shape index (κ1) is 28.3. The highest BCUT2D eigenvalue weighted by Gasteiger charge is 2.38. The van der Waals surface area contributed by atoms with E-state index >= 15 is 0 Å². The molecule has 1 heterocycles. The maximum atomic E-state index is 13.2. The van der Waals surface area contributed by atoms with E-state index < -0.39 is 53.8 Å². The number of hydrogen-bond acceptors (Lipinski definition) is 6. The molecule has 1 aliphatic heterocycles. The second-order valence-corrected chi connectivity index (χ2v) is 9.52. The van der Waals surface area contributed by atoms with Crippen LogP contribution in [0.15, 0.2) is 0 Å². The minimum absolute atomic E-state index is 0.0528. The second kappa shape index (κ2) is 13.1. The lowest BCUT2D eigenvalue weighted by Gasteiger charge is -2.30. The normalized spacial score (nSPS) is 18.6. The molecule has 0 aliphatic carbocycles. The third-order valence-corrected chi connectivity index (χ3v) is 5.52. The Morgan fingerprint density at radius 1 is 0.970 bits per heavy atom.